The van der Waals surface area contributed by atoms with Crippen molar-refractivity contribution in [3.8, 4) is 0 Å². The SMILES string of the molecule is CCCNC(=O)C(C)Nc1ccc(C(=O)O)cc1N. The number of rotatable bonds is 6. The maximum absolute atomic E-state index is 11.7. The number of carboxylic acid groups (broad SMARTS) is 1. The zero-order chi connectivity index (χ0) is 14.4. The Morgan fingerprint density at radius 3 is 2.63 bits per heavy atom. The molecule has 0 radical (unpaired) electrons. The Kier molecular flexibility index (Phi) is 5.17. The van der Waals surface area contributed by atoms with E-state index < -0.39 is 12.0 Å². The molecular weight excluding hydrogens is 246 g/mol. The maximum Gasteiger partial charge on any atom is 0.335 e. The van der Waals surface area contributed by atoms with Gasteiger partial charge in [-0.1, -0.05) is 6.92 Å². The Bertz CT molecular complexity index is 474. The number of carboxylic acids is 1. The average molecular weight is 265 g/mol. The number of benzene rings is 1. The van der Waals surface area contributed by atoms with Gasteiger partial charge in [-0.25, -0.2) is 4.79 Å². The van der Waals surface area contributed by atoms with E-state index in [-0.39, 0.29) is 11.5 Å². The fourth-order valence-electron chi connectivity index (χ4n) is 1.53. The number of hydrogen-bond acceptors (Lipinski definition) is 4. The van der Waals surface area contributed by atoms with E-state index in [1.54, 1.807) is 13.0 Å². The van der Waals surface area contributed by atoms with Gasteiger partial charge in [0.05, 0.1) is 16.9 Å². The lowest BCUT2D eigenvalue weighted by atomic mass is 10.1. The summed E-state index contributed by atoms with van der Waals surface area (Å²) in [6.45, 7) is 4.31. The smallest absolute Gasteiger partial charge is 0.335 e. The Labute approximate surface area is 112 Å². The van der Waals surface area contributed by atoms with Crippen molar-refractivity contribution in [2.24, 2.45) is 0 Å². The summed E-state index contributed by atoms with van der Waals surface area (Å²) < 4.78 is 0. The van der Waals surface area contributed by atoms with Crippen molar-refractivity contribution in [1.29, 1.82) is 0 Å². The van der Waals surface area contributed by atoms with Gasteiger partial charge in [-0.2, -0.15) is 0 Å². The van der Waals surface area contributed by atoms with Crippen LogP contribution in [0.5, 0.6) is 0 Å². The summed E-state index contributed by atoms with van der Waals surface area (Å²) in [5, 5.41) is 14.5. The normalized spacial score (nSPS) is 11.7. The summed E-state index contributed by atoms with van der Waals surface area (Å²) in [5.41, 5.74) is 6.71. The minimum atomic E-state index is -1.04. The van der Waals surface area contributed by atoms with Gasteiger partial charge in [0.15, 0.2) is 0 Å². The van der Waals surface area contributed by atoms with Crippen LogP contribution in [0.3, 0.4) is 0 Å². The molecule has 19 heavy (non-hydrogen) atoms. The van der Waals surface area contributed by atoms with Crippen LogP contribution in [0.1, 0.15) is 30.6 Å². The molecule has 0 aliphatic rings. The van der Waals surface area contributed by atoms with Crippen molar-refractivity contribution in [3.05, 3.63) is 23.8 Å². The third-order valence-corrected chi connectivity index (χ3v) is 2.61. The molecule has 6 nitrogen and oxygen atoms in total. The molecule has 1 aromatic carbocycles. The van der Waals surface area contributed by atoms with Crippen molar-refractivity contribution in [3.63, 3.8) is 0 Å². The van der Waals surface area contributed by atoms with E-state index in [0.717, 1.165) is 6.42 Å². The fourth-order valence-corrected chi connectivity index (χ4v) is 1.53. The third-order valence-electron chi connectivity index (χ3n) is 2.61. The van der Waals surface area contributed by atoms with Gasteiger partial charge in [-0.15, -0.1) is 0 Å². The lowest BCUT2D eigenvalue weighted by Crippen LogP contribution is -2.38. The van der Waals surface area contributed by atoms with E-state index in [2.05, 4.69) is 10.6 Å². The molecule has 1 aromatic rings. The molecule has 0 aliphatic heterocycles. The first-order valence-electron chi connectivity index (χ1n) is 6.12. The molecule has 104 valence electrons. The standard InChI is InChI=1S/C13H19N3O3/c1-3-6-15-12(17)8(2)16-11-5-4-9(13(18)19)7-10(11)14/h4-5,7-8,16H,3,6,14H2,1-2H3,(H,15,17)(H,18,19). The summed E-state index contributed by atoms with van der Waals surface area (Å²) in [5.74, 6) is -1.16. The molecule has 0 bridgehead atoms. The number of nitrogens with one attached hydrogen (secondary N) is 2. The first kappa shape index (κ1) is 14.8. The monoisotopic (exact) mass is 265 g/mol. The zero-order valence-electron chi connectivity index (χ0n) is 11.1. The molecule has 1 atom stereocenters. The average Bonchev–Trinajstić information content (AvgIpc) is 2.37. The van der Waals surface area contributed by atoms with Gasteiger partial charge in [0.25, 0.3) is 0 Å². The highest BCUT2D eigenvalue weighted by Gasteiger charge is 2.13. The molecule has 0 aliphatic carbocycles. The highest BCUT2D eigenvalue weighted by Crippen LogP contribution is 2.20. The van der Waals surface area contributed by atoms with E-state index >= 15 is 0 Å². The molecular formula is C13H19N3O3. The van der Waals surface area contributed by atoms with Crippen LogP contribution in [-0.2, 0) is 4.79 Å². The van der Waals surface area contributed by atoms with Crippen LogP contribution in [0.25, 0.3) is 0 Å². The van der Waals surface area contributed by atoms with Gasteiger partial charge in [0, 0.05) is 6.54 Å². The molecule has 1 rings (SSSR count). The molecule has 0 heterocycles. The molecule has 0 aromatic heterocycles. The zero-order valence-corrected chi connectivity index (χ0v) is 11.1. The number of nitrogen functional groups attached to an aromatic ring is 1. The van der Waals surface area contributed by atoms with Crippen molar-refractivity contribution in [2.75, 3.05) is 17.6 Å². The lowest BCUT2D eigenvalue weighted by Gasteiger charge is -2.16. The number of amides is 1. The second kappa shape index (κ2) is 6.63. The predicted octanol–water partition coefficient (Wildman–Crippen LogP) is 1.29. The molecule has 1 unspecified atom stereocenters. The summed E-state index contributed by atoms with van der Waals surface area (Å²) in [6.07, 6.45) is 0.869. The molecule has 0 spiro atoms. The highest BCUT2D eigenvalue weighted by molar-refractivity contribution is 5.91. The topological polar surface area (TPSA) is 104 Å². The molecule has 0 fully saturated rings. The van der Waals surface area contributed by atoms with Crippen LogP contribution in [-0.4, -0.2) is 29.6 Å². The number of anilines is 2. The molecule has 0 saturated carbocycles. The second-order valence-electron chi connectivity index (χ2n) is 4.26. The number of carbonyl (C=O) groups excluding carboxylic acids is 1. The molecule has 6 heteroatoms. The molecule has 1 amide bonds. The Balaban J connectivity index is 2.71. The quantitative estimate of drug-likeness (QED) is 0.580. The van der Waals surface area contributed by atoms with Gasteiger partial charge in [0.1, 0.15) is 6.04 Å². The van der Waals surface area contributed by atoms with Crippen LogP contribution in [0.15, 0.2) is 18.2 Å². The predicted molar refractivity (Wildman–Crippen MR) is 74.2 cm³/mol. The lowest BCUT2D eigenvalue weighted by molar-refractivity contribution is -0.121. The van der Waals surface area contributed by atoms with Gasteiger partial charge in [0.2, 0.25) is 5.91 Å². The Morgan fingerprint density at radius 2 is 2.11 bits per heavy atom. The minimum Gasteiger partial charge on any atom is -0.478 e. The first-order chi connectivity index (χ1) is 8.95. The van der Waals surface area contributed by atoms with E-state index in [4.69, 9.17) is 10.8 Å². The van der Waals surface area contributed by atoms with Gasteiger partial charge < -0.3 is 21.5 Å². The third kappa shape index (κ3) is 4.17. The fraction of sp³-hybridized carbons (Fsp3) is 0.385. The van der Waals surface area contributed by atoms with Crippen molar-refractivity contribution in [1.82, 2.24) is 5.32 Å². The van der Waals surface area contributed by atoms with Gasteiger partial charge >= 0.3 is 5.97 Å². The maximum atomic E-state index is 11.7. The van der Waals surface area contributed by atoms with E-state index in [1.807, 2.05) is 6.92 Å². The minimum absolute atomic E-state index is 0.117. The Morgan fingerprint density at radius 1 is 1.42 bits per heavy atom. The van der Waals surface area contributed by atoms with Gasteiger partial charge in [-0.05, 0) is 31.5 Å². The number of hydrogen-bond donors (Lipinski definition) is 4. The van der Waals surface area contributed by atoms with E-state index in [0.29, 0.717) is 17.9 Å². The van der Waals surface area contributed by atoms with Crippen LogP contribution in [0.4, 0.5) is 11.4 Å². The van der Waals surface area contributed by atoms with Crippen LogP contribution in [0.2, 0.25) is 0 Å². The summed E-state index contributed by atoms with van der Waals surface area (Å²) in [6, 6.07) is 3.92. The van der Waals surface area contributed by atoms with Crippen LogP contribution >= 0.6 is 0 Å². The summed E-state index contributed by atoms with van der Waals surface area (Å²) >= 11 is 0. The first-order valence-corrected chi connectivity index (χ1v) is 6.12. The number of aromatic carboxylic acids is 1. The highest BCUT2D eigenvalue weighted by atomic mass is 16.4. The van der Waals surface area contributed by atoms with E-state index in [9.17, 15) is 9.59 Å². The number of nitrogens with two attached hydrogens (primary N) is 1. The van der Waals surface area contributed by atoms with Crippen molar-refractivity contribution >= 4 is 23.3 Å². The Hall–Kier alpha value is -2.24. The summed E-state index contributed by atoms with van der Waals surface area (Å²) in [7, 11) is 0. The largest absolute Gasteiger partial charge is 0.478 e. The number of carbonyl (C=O) groups is 2. The van der Waals surface area contributed by atoms with Crippen molar-refractivity contribution < 1.29 is 14.7 Å². The second-order valence-corrected chi connectivity index (χ2v) is 4.26. The van der Waals surface area contributed by atoms with Crippen molar-refractivity contribution in [2.45, 2.75) is 26.3 Å². The molecule has 5 N–H and O–H groups in total. The molecule has 0 saturated heterocycles. The van der Waals surface area contributed by atoms with Crippen LogP contribution in [0, 0.1) is 0 Å². The summed E-state index contributed by atoms with van der Waals surface area (Å²) in [4.78, 5) is 22.5. The van der Waals surface area contributed by atoms with E-state index in [1.165, 1.54) is 12.1 Å². The van der Waals surface area contributed by atoms with Gasteiger partial charge in [-0.3, -0.25) is 4.79 Å². The van der Waals surface area contributed by atoms with Crippen LogP contribution < -0.4 is 16.4 Å².